The normalized spacial score (nSPS) is 10.2. The molecule has 1 aromatic carbocycles. The number of aryl methyl sites for hydroxylation is 1. The minimum Gasteiger partial charge on any atom is -0.496 e. The number of carbonyl (C=O) groups is 1. The first kappa shape index (κ1) is 15.9. The van der Waals surface area contributed by atoms with Gasteiger partial charge in [-0.05, 0) is 18.2 Å². The fourth-order valence-corrected chi connectivity index (χ4v) is 2.15. The summed E-state index contributed by atoms with van der Waals surface area (Å²) in [5.74, 6) is 0.313. The SMILES string of the molecule is COc1ccc(NC(=O)c2cn(C)c(=O)cc2OC)cc1Cl. The number of pyridine rings is 1. The number of hydrogen-bond acceptors (Lipinski definition) is 4. The van der Waals surface area contributed by atoms with Crippen LogP contribution in [0.25, 0.3) is 0 Å². The molecule has 0 aliphatic heterocycles. The zero-order chi connectivity index (χ0) is 16.3. The lowest BCUT2D eigenvalue weighted by Gasteiger charge is -2.11. The fourth-order valence-electron chi connectivity index (χ4n) is 1.89. The maximum atomic E-state index is 12.3. The van der Waals surface area contributed by atoms with E-state index in [1.807, 2.05) is 0 Å². The highest BCUT2D eigenvalue weighted by Gasteiger charge is 2.15. The van der Waals surface area contributed by atoms with Crippen molar-refractivity contribution < 1.29 is 14.3 Å². The lowest BCUT2D eigenvalue weighted by molar-refractivity contribution is 0.102. The van der Waals surface area contributed by atoms with Gasteiger partial charge in [0.15, 0.2) is 0 Å². The van der Waals surface area contributed by atoms with E-state index < -0.39 is 5.91 Å². The van der Waals surface area contributed by atoms with Crippen LogP contribution in [0, 0.1) is 0 Å². The number of benzene rings is 1. The Balaban J connectivity index is 2.31. The monoisotopic (exact) mass is 322 g/mol. The van der Waals surface area contributed by atoms with Crippen LogP contribution in [0.1, 0.15) is 10.4 Å². The standard InChI is InChI=1S/C15H15ClN2O4/c1-18-8-10(13(22-3)7-14(18)19)15(20)17-9-4-5-12(21-2)11(16)6-9/h4-8H,1-3H3,(H,17,20). The molecule has 0 radical (unpaired) electrons. The predicted molar refractivity (Wildman–Crippen MR) is 84.2 cm³/mol. The van der Waals surface area contributed by atoms with Crippen LogP contribution in [0.15, 0.2) is 35.3 Å². The Kier molecular flexibility index (Phi) is 4.72. The van der Waals surface area contributed by atoms with Gasteiger partial charge < -0.3 is 19.4 Å². The van der Waals surface area contributed by atoms with Gasteiger partial charge in [-0.25, -0.2) is 0 Å². The number of nitrogens with zero attached hydrogens (tertiary/aromatic N) is 1. The van der Waals surface area contributed by atoms with Crippen molar-refractivity contribution >= 4 is 23.2 Å². The molecule has 6 nitrogen and oxygen atoms in total. The molecule has 0 bridgehead atoms. The fraction of sp³-hybridized carbons (Fsp3) is 0.200. The van der Waals surface area contributed by atoms with Crippen LogP contribution in [0.5, 0.6) is 11.5 Å². The van der Waals surface area contributed by atoms with Gasteiger partial charge in [-0.1, -0.05) is 11.6 Å². The summed E-state index contributed by atoms with van der Waals surface area (Å²) >= 11 is 6.02. The second-order valence-corrected chi connectivity index (χ2v) is 4.92. The molecule has 0 fully saturated rings. The second-order valence-electron chi connectivity index (χ2n) is 4.51. The molecule has 0 saturated heterocycles. The summed E-state index contributed by atoms with van der Waals surface area (Å²) in [6, 6.07) is 6.15. The summed E-state index contributed by atoms with van der Waals surface area (Å²) in [6.45, 7) is 0. The van der Waals surface area contributed by atoms with E-state index in [0.717, 1.165) is 0 Å². The molecule has 1 aromatic heterocycles. The molecular formula is C15H15ClN2O4. The summed E-state index contributed by atoms with van der Waals surface area (Å²) in [4.78, 5) is 23.9. The van der Waals surface area contributed by atoms with Gasteiger partial charge in [-0.3, -0.25) is 9.59 Å². The molecule has 1 amide bonds. The van der Waals surface area contributed by atoms with E-state index in [9.17, 15) is 9.59 Å². The highest BCUT2D eigenvalue weighted by atomic mass is 35.5. The molecule has 2 aromatic rings. The van der Waals surface area contributed by atoms with Crippen LogP contribution in [0.2, 0.25) is 5.02 Å². The largest absolute Gasteiger partial charge is 0.496 e. The van der Waals surface area contributed by atoms with Gasteiger partial charge in [-0.2, -0.15) is 0 Å². The van der Waals surface area contributed by atoms with Crippen molar-refractivity contribution in [1.82, 2.24) is 4.57 Å². The van der Waals surface area contributed by atoms with E-state index in [0.29, 0.717) is 16.5 Å². The van der Waals surface area contributed by atoms with E-state index in [1.54, 1.807) is 25.2 Å². The van der Waals surface area contributed by atoms with Crippen molar-refractivity contribution in [2.45, 2.75) is 0 Å². The third-order valence-electron chi connectivity index (χ3n) is 3.06. The van der Waals surface area contributed by atoms with Crippen molar-refractivity contribution in [3.05, 3.63) is 51.4 Å². The van der Waals surface area contributed by atoms with E-state index in [1.165, 1.54) is 31.0 Å². The topological polar surface area (TPSA) is 69.6 Å². The quantitative estimate of drug-likeness (QED) is 0.937. The molecule has 1 heterocycles. The number of nitrogens with one attached hydrogen (secondary N) is 1. The molecule has 0 unspecified atom stereocenters. The summed E-state index contributed by atoms with van der Waals surface area (Å²) in [5, 5.41) is 3.08. The molecule has 116 valence electrons. The number of hydrogen-bond donors (Lipinski definition) is 1. The molecule has 0 aliphatic carbocycles. The van der Waals surface area contributed by atoms with Crippen molar-refractivity contribution in [2.75, 3.05) is 19.5 Å². The minimum absolute atomic E-state index is 0.209. The third-order valence-corrected chi connectivity index (χ3v) is 3.36. The number of rotatable bonds is 4. The van der Waals surface area contributed by atoms with Crippen LogP contribution in [0.3, 0.4) is 0 Å². The van der Waals surface area contributed by atoms with Crippen LogP contribution in [0.4, 0.5) is 5.69 Å². The average molecular weight is 323 g/mol. The van der Waals surface area contributed by atoms with Gasteiger partial charge in [0, 0.05) is 25.0 Å². The van der Waals surface area contributed by atoms with Gasteiger partial charge in [0.05, 0.1) is 24.8 Å². The Morgan fingerprint density at radius 3 is 2.45 bits per heavy atom. The number of ether oxygens (including phenoxy) is 2. The highest BCUT2D eigenvalue weighted by molar-refractivity contribution is 6.32. The van der Waals surface area contributed by atoms with E-state index >= 15 is 0 Å². The van der Waals surface area contributed by atoms with E-state index in [2.05, 4.69) is 5.32 Å². The first-order valence-electron chi connectivity index (χ1n) is 6.36. The molecule has 7 heteroatoms. The maximum Gasteiger partial charge on any atom is 0.260 e. The van der Waals surface area contributed by atoms with Crippen molar-refractivity contribution in [3.63, 3.8) is 0 Å². The van der Waals surface area contributed by atoms with Gasteiger partial charge in [0.1, 0.15) is 11.5 Å². The Hall–Kier alpha value is -2.47. The molecule has 1 N–H and O–H groups in total. The first-order valence-corrected chi connectivity index (χ1v) is 6.73. The Bertz CT molecular complexity index is 771. The van der Waals surface area contributed by atoms with Crippen molar-refractivity contribution in [2.24, 2.45) is 7.05 Å². The number of anilines is 1. The first-order chi connectivity index (χ1) is 10.5. The van der Waals surface area contributed by atoms with Gasteiger partial charge >= 0.3 is 0 Å². The van der Waals surface area contributed by atoms with Crippen molar-refractivity contribution in [3.8, 4) is 11.5 Å². The van der Waals surface area contributed by atoms with Gasteiger partial charge in [0.25, 0.3) is 11.5 Å². The molecule has 0 saturated carbocycles. The Morgan fingerprint density at radius 1 is 1.18 bits per heavy atom. The zero-order valence-corrected chi connectivity index (χ0v) is 13.1. The molecule has 2 rings (SSSR count). The van der Waals surface area contributed by atoms with Crippen molar-refractivity contribution in [1.29, 1.82) is 0 Å². The highest BCUT2D eigenvalue weighted by Crippen LogP contribution is 2.27. The van der Waals surface area contributed by atoms with Crippen LogP contribution in [-0.4, -0.2) is 24.7 Å². The number of aromatic nitrogens is 1. The summed E-state index contributed by atoms with van der Waals surface area (Å²) < 4.78 is 11.4. The second kappa shape index (κ2) is 6.53. The molecule has 22 heavy (non-hydrogen) atoms. The Morgan fingerprint density at radius 2 is 1.86 bits per heavy atom. The number of amides is 1. The summed E-state index contributed by atoms with van der Waals surface area (Å²) in [5.41, 5.74) is 0.490. The van der Waals surface area contributed by atoms with Crippen LogP contribution in [-0.2, 0) is 7.05 Å². The van der Waals surface area contributed by atoms with Crippen LogP contribution >= 0.6 is 11.6 Å². The number of halogens is 1. The lowest BCUT2D eigenvalue weighted by atomic mass is 10.2. The molecule has 0 atom stereocenters. The van der Waals surface area contributed by atoms with E-state index in [-0.39, 0.29) is 16.9 Å². The zero-order valence-electron chi connectivity index (χ0n) is 12.3. The molecular weight excluding hydrogens is 308 g/mol. The van der Waals surface area contributed by atoms with E-state index in [4.69, 9.17) is 21.1 Å². The Labute approximate surface area is 132 Å². The summed E-state index contributed by atoms with van der Waals surface area (Å²) in [6.07, 6.45) is 1.42. The predicted octanol–water partition coefficient (Wildman–Crippen LogP) is 2.31. The van der Waals surface area contributed by atoms with Crippen LogP contribution < -0.4 is 20.3 Å². The molecule has 0 spiro atoms. The van der Waals surface area contributed by atoms with Gasteiger partial charge in [0.2, 0.25) is 0 Å². The smallest absolute Gasteiger partial charge is 0.260 e. The number of methoxy groups -OCH3 is 2. The average Bonchev–Trinajstić information content (AvgIpc) is 2.49. The minimum atomic E-state index is -0.409. The molecule has 0 aliphatic rings. The maximum absolute atomic E-state index is 12.3. The summed E-state index contributed by atoms with van der Waals surface area (Å²) in [7, 11) is 4.47. The van der Waals surface area contributed by atoms with Gasteiger partial charge in [-0.15, -0.1) is 0 Å². The third kappa shape index (κ3) is 3.23. The number of carbonyl (C=O) groups excluding carboxylic acids is 1. The lowest BCUT2D eigenvalue weighted by Crippen LogP contribution is -2.21.